The molecule has 0 atom stereocenters. The largest absolute Gasteiger partial charge is 0.460 e. The number of rotatable bonds is 3. The Balaban J connectivity index is 1.35. The SMILES string of the molecule is Cc1cn2cc(NC(=O)c3ccc(N4CCNC5(CC5)C4)c4cc(C)oc34)cc(F)c2n1. The molecule has 4 heterocycles. The molecule has 7 nitrogen and oxygen atoms in total. The minimum absolute atomic E-state index is 0.235. The Labute approximate surface area is 184 Å². The molecular formula is C24H24FN5O2. The van der Waals surface area contributed by atoms with Gasteiger partial charge in [0.05, 0.1) is 16.9 Å². The third kappa shape index (κ3) is 3.14. The fraction of sp³-hybridized carbons (Fsp3) is 0.333. The van der Waals surface area contributed by atoms with Crippen LogP contribution in [0, 0.1) is 19.7 Å². The highest BCUT2D eigenvalue weighted by Crippen LogP contribution is 2.41. The number of hydrogen-bond acceptors (Lipinski definition) is 5. The van der Waals surface area contributed by atoms with Crippen molar-refractivity contribution < 1.29 is 13.6 Å². The van der Waals surface area contributed by atoms with Crippen LogP contribution in [0.15, 0.2) is 41.1 Å². The van der Waals surface area contributed by atoms with Crippen molar-refractivity contribution in [1.82, 2.24) is 14.7 Å². The van der Waals surface area contributed by atoms with Crippen LogP contribution < -0.4 is 15.5 Å². The van der Waals surface area contributed by atoms with Crippen molar-refractivity contribution >= 4 is 33.9 Å². The molecule has 6 rings (SSSR count). The second kappa shape index (κ2) is 6.80. The predicted molar refractivity (Wildman–Crippen MR) is 121 cm³/mol. The number of carbonyl (C=O) groups is 1. The maximum Gasteiger partial charge on any atom is 0.259 e. The zero-order valence-electron chi connectivity index (χ0n) is 18.0. The van der Waals surface area contributed by atoms with Gasteiger partial charge in [-0.3, -0.25) is 4.79 Å². The lowest BCUT2D eigenvalue weighted by Gasteiger charge is -2.36. The summed E-state index contributed by atoms with van der Waals surface area (Å²) < 4.78 is 22.0. The third-order valence-corrected chi connectivity index (χ3v) is 6.48. The number of aromatic nitrogens is 2. The maximum atomic E-state index is 14.4. The van der Waals surface area contributed by atoms with E-state index in [1.807, 2.05) is 19.1 Å². The second-order valence-corrected chi connectivity index (χ2v) is 9.00. The molecule has 8 heteroatoms. The predicted octanol–water partition coefficient (Wildman–Crippen LogP) is 4.03. The molecule has 3 aromatic heterocycles. The standard InChI is InChI=1S/C24H24FN5O2/c1-14-11-30-12-16(10-19(25)22(30)27-14)28-23(31)17-3-4-20(18-9-15(2)32-21(17)18)29-8-7-26-24(13-29)5-6-24/h3-4,9-12,26H,5-8,13H2,1-2H3,(H,28,31). The molecule has 1 amide bonds. The van der Waals surface area contributed by atoms with Crippen LogP contribution in [-0.4, -0.2) is 40.5 Å². The van der Waals surface area contributed by atoms with E-state index in [2.05, 4.69) is 20.5 Å². The Morgan fingerprint density at radius 1 is 1.25 bits per heavy atom. The van der Waals surface area contributed by atoms with Gasteiger partial charge < -0.3 is 24.4 Å². The second-order valence-electron chi connectivity index (χ2n) is 9.00. The molecule has 1 aromatic carbocycles. The van der Waals surface area contributed by atoms with Crippen LogP contribution >= 0.6 is 0 Å². The Morgan fingerprint density at radius 2 is 2.09 bits per heavy atom. The number of piperazine rings is 1. The first-order valence-corrected chi connectivity index (χ1v) is 10.9. The Morgan fingerprint density at radius 3 is 2.91 bits per heavy atom. The van der Waals surface area contributed by atoms with Gasteiger partial charge in [0.25, 0.3) is 5.91 Å². The van der Waals surface area contributed by atoms with Gasteiger partial charge in [-0.15, -0.1) is 0 Å². The fourth-order valence-electron chi connectivity index (χ4n) is 4.78. The fourth-order valence-corrected chi connectivity index (χ4v) is 4.78. The lowest BCUT2D eigenvalue weighted by molar-refractivity contribution is 0.102. The van der Waals surface area contributed by atoms with Gasteiger partial charge in [0.15, 0.2) is 11.5 Å². The van der Waals surface area contributed by atoms with Crippen molar-refractivity contribution in [2.45, 2.75) is 32.2 Å². The summed E-state index contributed by atoms with van der Waals surface area (Å²) in [5, 5.41) is 7.37. The monoisotopic (exact) mass is 433 g/mol. The van der Waals surface area contributed by atoms with Crippen LogP contribution in [0.2, 0.25) is 0 Å². The smallest absolute Gasteiger partial charge is 0.259 e. The number of nitrogens with zero attached hydrogens (tertiary/aromatic N) is 3. The van der Waals surface area contributed by atoms with Crippen LogP contribution in [0.3, 0.4) is 0 Å². The van der Waals surface area contributed by atoms with E-state index < -0.39 is 5.82 Å². The zero-order valence-corrected chi connectivity index (χ0v) is 18.0. The summed E-state index contributed by atoms with van der Waals surface area (Å²) in [6, 6.07) is 7.07. The van der Waals surface area contributed by atoms with Crippen molar-refractivity contribution in [3.8, 4) is 0 Å². The highest BCUT2D eigenvalue weighted by atomic mass is 19.1. The summed E-state index contributed by atoms with van der Waals surface area (Å²) in [4.78, 5) is 19.7. The number of amides is 1. The van der Waals surface area contributed by atoms with Crippen molar-refractivity contribution in [2.75, 3.05) is 29.9 Å². The Bertz CT molecular complexity index is 1380. The van der Waals surface area contributed by atoms with E-state index >= 15 is 0 Å². The van der Waals surface area contributed by atoms with Crippen molar-refractivity contribution in [3.05, 3.63) is 59.5 Å². The summed E-state index contributed by atoms with van der Waals surface area (Å²) in [7, 11) is 0. The number of fused-ring (bicyclic) bond motifs is 2. The van der Waals surface area contributed by atoms with Gasteiger partial charge in [0.2, 0.25) is 0 Å². The van der Waals surface area contributed by atoms with E-state index in [0.717, 1.165) is 36.5 Å². The van der Waals surface area contributed by atoms with Gasteiger partial charge in [-0.25, -0.2) is 9.37 Å². The molecule has 32 heavy (non-hydrogen) atoms. The number of imidazole rings is 1. The highest BCUT2D eigenvalue weighted by molar-refractivity contribution is 6.13. The van der Waals surface area contributed by atoms with Gasteiger partial charge in [-0.2, -0.15) is 0 Å². The molecule has 1 aliphatic heterocycles. The first-order chi connectivity index (χ1) is 15.4. The number of aryl methyl sites for hydroxylation is 2. The highest BCUT2D eigenvalue weighted by Gasteiger charge is 2.45. The number of pyridine rings is 1. The summed E-state index contributed by atoms with van der Waals surface area (Å²) in [5.41, 5.74) is 3.61. The summed E-state index contributed by atoms with van der Waals surface area (Å²) in [6.45, 7) is 6.50. The van der Waals surface area contributed by atoms with E-state index in [4.69, 9.17) is 4.42 Å². The quantitative estimate of drug-likeness (QED) is 0.510. The average molecular weight is 433 g/mol. The molecule has 1 spiro atoms. The van der Waals surface area contributed by atoms with E-state index in [1.165, 1.54) is 18.9 Å². The van der Waals surface area contributed by atoms with Crippen LogP contribution in [0.1, 0.15) is 34.7 Å². The van der Waals surface area contributed by atoms with Crippen LogP contribution in [-0.2, 0) is 0 Å². The van der Waals surface area contributed by atoms with Gasteiger partial charge in [-0.05, 0) is 44.9 Å². The Hall–Kier alpha value is -3.39. The Kier molecular flexibility index (Phi) is 4.10. The number of benzene rings is 1. The van der Waals surface area contributed by atoms with E-state index in [-0.39, 0.29) is 17.1 Å². The summed E-state index contributed by atoms with van der Waals surface area (Å²) >= 11 is 0. The number of anilines is 2. The average Bonchev–Trinajstić information content (AvgIpc) is 3.18. The normalized spacial score (nSPS) is 17.4. The zero-order chi connectivity index (χ0) is 22.0. The molecule has 1 saturated heterocycles. The van der Waals surface area contributed by atoms with Gasteiger partial charge in [-0.1, -0.05) is 0 Å². The topological polar surface area (TPSA) is 74.8 Å². The van der Waals surface area contributed by atoms with Crippen molar-refractivity contribution in [2.24, 2.45) is 0 Å². The molecule has 1 saturated carbocycles. The van der Waals surface area contributed by atoms with Crippen molar-refractivity contribution in [1.29, 1.82) is 0 Å². The van der Waals surface area contributed by atoms with Crippen LogP contribution in [0.4, 0.5) is 15.8 Å². The molecule has 164 valence electrons. The molecule has 2 fully saturated rings. The van der Waals surface area contributed by atoms with Crippen LogP contribution in [0.5, 0.6) is 0 Å². The molecule has 4 aromatic rings. The van der Waals surface area contributed by atoms with Crippen LogP contribution in [0.25, 0.3) is 16.6 Å². The van der Waals surface area contributed by atoms with E-state index in [0.29, 0.717) is 22.5 Å². The maximum absolute atomic E-state index is 14.4. The number of carbonyl (C=O) groups excluding carboxylic acids is 1. The molecule has 2 N–H and O–H groups in total. The molecular weight excluding hydrogens is 409 g/mol. The van der Waals surface area contributed by atoms with Gasteiger partial charge in [0.1, 0.15) is 11.3 Å². The van der Waals surface area contributed by atoms with E-state index in [9.17, 15) is 9.18 Å². The number of halogens is 1. The summed E-state index contributed by atoms with van der Waals surface area (Å²) in [5.74, 6) is -0.0810. The molecule has 0 unspecified atom stereocenters. The minimum Gasteiger partial charge on any atom is -0.460 e. The lowest BCUT2D eigenvalue weighted by atomic mass is 10.1. The van der Waals surface area contributed by atoms with Gasteiger partial charge in [0, 0.05) is 54.7 Å². The first-order valence-electron chi connectivity index (χ1n) is 10.9. The lowest BCUT2D eigenvalue weighted by Crippen LogP contribution is -2.52. The number of hydrogen-bond donors (Lipinski definition) is 2. The third-order valence-electron chi connectivity index (χ3n) is 6.48. The summed E-state index contributed by atoms with van der Waals surface area (Å²) in [6.07, 6.45) is 5.78. The number of nitrogens with one attached hydrogen (secondary N) is 2. The number of furan rings is 1. The molecule has 0 radical (unpaired) electrons. The molecule has 1 aliphatic carbocycles. The first kappa shape index (κ1) is 19.3. The van der Waals surface area contributed by atoms with E-state index in [1.54, 1.807) is 29.8 Å². The molecule has 2 aliphatic rings. The van der Waals surface area contributed by atoms with Gasteiger partial charge >= 0.3 is 0 Å². The van der Waals surface area contributed by atoms with Crippen molar-refractivity contribution in [3.63, 3.8) is 0 Å². The molecule has 0 bridgehead atoms. The minimum atomic E-state index is -0.488.